The maximum absolute atomic E-state index is 13.0. The van der Waals surface area contributed by atoms with Crippen LogP contribution in [-0.2, 0) is 16.3 Å². The number of phenolic OH excluding ortho intramolecular Hbond substituents is 1. The number of hydrogen-bond acceptors (Lipinski definition) is 5. The van der Waals surface area contributed by atoms with E-state index in [4.69, 9.17) is 4.74 Å². The molecule has 4 aliphatic rings. The first-order chi connectivity index (χ1) is 22.0. The van der Waals surface area contributed by atoms with Crippen LogP contribution >= 0.6 is 0 Å². The zero-order valence-corrected chi connectivity index (χ0v) is 27.6. The fraction of sp³-hybridized carbons (Fsp3) is 0.667. The molecule has 4 aliphatic carbocycles. The standard InChI is InChI=1S/C36H45F5O5S/c1-32-23-29(31-28-12-9-26(42)22-25(28)8-13-30(31)33(32)15-17-34(32,43)18-16-33)24-6-10-27(11-7-24)46-19-3-2-4-20-47(44,45)21-5-14-35(37,38)36(39,40)41/h6-7,9-12,22,29-31,42-43H,2-5,8,13-21,23H2,1H3/t29-,30-,31+,32+,33?,34?/m1/s1. The van der Waals surface area contributed by atoms with Gasteiger partial charge in [-0.2, -0.15) is 22.0 Å². The van der Waals surface area contributed by atoms with Crippen molar-refractivity contribution in [2.75, 3.05) is 18.1 Å². The molecule has 3 fully saturated rings. The normalized spacial score (nSPS) is 31.7. The number of aryl methyl sites for hydroxylation is 1. The third-order valence-corrected chi connectivity index (χ3v) is 14.4. The average molecular weight is 685 g/mol. The van der Waals surface area contributed by atoms with Crippen molar-refractivity contribution in [2.24, 2.45) is 16.7 Å². The van der Waals surface area contributed by atoms with E-state index in [1.165, 1.54) is 16.7 Å². The van der Waals surface area contributed by atoms with Gasteiger partial charge in [0.15, 0.2) is 0 Å². The lowest BCUT2D eigenvalue weighted by atomic mass is 9.45. The number of alkyl halides is 5. The molecule has 5 nitrogen and oxygen atoms in total. The van der Waals surface area contributed by atoms with Crippen molar-refractivity contribution in [2.45, 2.75) is 114 Å². The van der Waals surface area contributed by atoms with Gasteiger partial charge >= 0.3 is 12.1 Å². The second kappa shape index (κ2) is 12.2. The van der Waals surface area contributed by atoms with E-state index in [0.29, 0.717) is 42.8 Å². The molecule has 2 aromatic carbocycles. The number of hydrogen-bond donors (Lipinski definition) is 2. The van der Waals surface area contributed by atoms with Crippen LogP contribution in [0.3, 0.4) is 0 Å². The molecule has 0 amide bonds. The van der Waals surface area contributed by atoms with Gasteiger partial charge in [0, 0.05) is 11.8 Å². The van der Waals surface area contributed by atoms with Gasteiger partial charge in [0.1, 0.15) is 21.3 Å². The lowest BCUT2D eigenvalue weighted by Crippen LogP contribution is -2.54. The highest BCUT2D eigenvalue weighted by Crippen LogP contribution is 2.79. The van der Waals surface area contributed by atoms with Gasteiger partial charge in [0.25, 0.3) is 0 Å². The first kappa shape index (κ1) is 34.5. The van der Waals surface area contributed by atoms with Crippen LogP contribution in [0, 0.1) is 16.7 Å². The summed E-state index contributed by atoms with van der Waals surface area (Å²) >= 11 is 0. The Morgan fingerprint density at radius 3 is 2.28 bits per heavy atom. The first-order valence-corrected chi connectivity index (χ1v) is 18.8. The van der Waals surface area contributed by atoms with Crippen LogP contribution in [0.2, 0.25) is 0 Å². The average Bonchev–Trinajstić information content (AvgIpc) is 3.37. The molecule has 11 heteroatoms. The van der Waals surface area contributed by atoms with Crippen molar-refractivity contribution in [3.8, 4) is 11.5 Å². The Kier molecular flexibility index (Phi) is 8.93. The fourth-order valence-electron chi connectivity index (χ4n) is 10.1. The van der Waals surface area contributed by atoms with Crippen molar-refractivity contribution in [3.05, 3.63) is 59.2 Å². The van der Waals surface area contributed by atoms with Crippen molar-refractivity contribution in [1.82, 2.24) is 0 Å². The van der Waals surface area contributed by atoms with Gasteiger partial charge in [-0.25, -0.2) is 8.42 Å². The Morgan fingerprint density at radius 2 is 1.60 bits per heavy atom. The SMILES string of the molecule is C[C@]12C[C@H](c3ccc(OCCCCCS(=O)(=O)CCCC(F)(F)C(F)(F)F)cc3)[C@@H]3c4ccc(O)cc4CC[C@H]3C13CCC2(O)CC3. The maximum Gasteiger partial charge on any atom is 0.453 e. The van der Waals surface area contributed by atoms with Gasteiger partial charge in [-0.15, -0.1) is 0 Å². The summed E-state index contributed by atoms with van der Waals surface area (Å²) in [6.45, 7) is 2.69. The Bertz CT molecular complexity index is 1550. The second-order valence-corrected chi connectivity index (χ2v) is 17.1. The summed E-state index contributed by atoms with van der Waals surface area (Å²) in [5, 5.41) is 22.1. The minimum Gasteiger partial charge on any atom is -0.508 e. The minimum atomic E-state index is -5.68. The molecule has 0 spiro atoms. The summed E-state index contributed by atoms with van der Waals surface area (Å²) < 4.78 is 93.1. The van der Waals surface area contributed by atoms with Crippen LogP contribution in [0.25, 0.3) is 0 Å². The molecule has 0 radical (unpaired) electrons. The van der Waals surface area contributed by atoms with Crippen molar-refractivity contribution in [3.63, 3.8) is 0 Å². The molecule has 0 unspecified atom stereocenters. The number of aliphatic hydroxyl groups is 1. The van der Waals surface area contributed by atoms with E-state index < -0.39 is 46.1 Å². The zero-order valence-electron chi connectivity index (χ0n) is 26.8. The number of sulfone groups is 1. The quantitative estimate of drug-likeness (QED) is 0.173. The molecule has 2 aromatic rings. The summed E-state index contributed by atoms with van der Waals surface area (Å²) in [4.78, 5) is 0. The van der Waals surface area contributed by atoms with Crippen LogP contribution in [0.15, 0.2) is 42.5 Å². The van der Waals surface area contributed by atoms with Gasteiger partial charge in [0.2, 0.25) is 0 Å². The monoisotopic (exact) mass is 684 g/mol. The Labute approximate surface area is 273 Å². The third kappa shape index (κ3) is 6.06. The predicted octanol–water partition coefficient (Wildman–Crippen LogP) is 8.48. The number of benzene rings is 2. The highest BCUT2D eigenvalue weighted by molar-refractivity contribution is 7.91. The van der Waals surface area contributed by atoms with Crippen LogP contribution in [-0.4, -0.2) is 54.4 Å². The number of halogens is 5. The van der Waals surface area contributed by atoms with E-state index in [-0.39, 0.29) is 28.9 Å². The van der Waals surface area contributed by atoms with Gasteiger partial charge in [-0.3, -0.25) is 0 Å². The van der Waals surface area contributed by atoms with Crippen molar-refractivity contribution < 1.29 is 45.3 Å². The van der Waals surface area contributed by atoms with Crippen molar-refractivity contribution in [1.29, 1.82) is 0 Å². The number of unbranched alkanes of at least 4 members (excludes halogenated alkanes) is 2. The van der Waals surface area contributed by atoms with Crippen LogP contribution in [0.4, 0.5) is 22.0 Å². The molecule has 0 heterocycles. The van der Waals surface area contributed by atoms with Crippen LogP contribution in [0.5, 0.6) is 11.5 Å². The molecule has 0 aromatic heterocycles. The van der Waals surface area contributed by atoms with Gasteiger partial charge in [-0.05, 0) is 135 Å². The molecule has 47 heavy (non-hydrogen) atoms. The summed E-state index contributed by atoms with van der Waals surface area (Å²) in [7, 11) is -3.72. The second-order valence-electron chi connectivity index (χ2n) is 14.8. The first-order valence-electron chi connectivity index (χ1n) is 16.9. The van der Waals surface area contributed by atoms with E-state index in [0.717, 1.165) is 44.9 Å². The van der Waals surface area contributed by atoms with Crippen LogP contribution in [0.1, 0.15) is 106 Å². The van der Waals surface area contributed by atoms with E-state index in [1.54, 1.807) is 6.07 Å². The highest BCUT2D eigenvalue weighted by Gasteiger charge is 2.74. The smallest absolute Gasteiger partial charge is 0.453 e. The lowest BCUT2D eigenvalue weighted by Gasteiger charge is -2.59. The fourth-order valence-corrected chi connectivity index (χ4v) is 11.5. The zero-order chi connectivity index (χ0) is 33.9. The molecule has 2 N–H and O–H groups in total. The predicted molar refractivity (Wildman–Crippen MR) is 169 cm³/mol. The number of ether oxygens (including phenoxy) is 1. The molecular formula is C36H45F5O5S. The van der Waals surface area contributed by atoms with E-state index in [1.807, 2.05) is 18.2 Å². The molecule has 6 rings (SSSR count). The molecule has 260 valence electrons. The third-order valence-electron chi connectivity index (χ3n) is 12.5. The van der Waals surface area contributed by atoms with E-state index in [2.05, 4.69) is 25.1 Å². The van der Waals surface area contributed by atoms with Gasteiger partial charge in [0.05, 0.1) is 23.7 Å². The number of phenols is 1. The molecule has 4 atom stereocenters. The topological polar surface area (TPSA) is 83.8 Å². The number of aromatic hydroxyl groups is 1. The Balaban J connectivity index is 1.05. The summed E-state index contributed by atoms with van der Waals surface area (Å²) in [5.41, 5.74) is 3.09. The van der Waals surface area contributed by atoms with Gasteiger partial charge in [-0.1, -0.05) is 25.1 Å². The summed E-state index contributed by atoms with van der Waals surface area (Å²) in [5.74, 6) is -3.89. The molecule has 2 bridgehead atoms. The summed E-state index contributed by atoms with van der Waals surface area (Å²) in [6.07, 6.45) is 0.159. The van der Waals surface area contributed by atoms with Crippen LogP contribution < -0.4 is 4.74 Å². The minimum absolute atomic E-state index is 0.128. The molecule has 0 saturated heterocycles. The molecule has 3 saturated carbocycles. The van der Waals surface area contributed by atoms with Crippen molar-refractivity contribution >= 4 is 9.84 Å². The van der Waals surface area contributed by atoms with E-state index >= 15 is 0 Å². The Morgan fingerprint density at radius 1 is 0.915 bits per heavy atom. The largest absolute Gasteiger partial charge is 0.508 e. The van der Waals surface area contributed by atoms with Gasteiger partial charge < -0.3 is 14.9 Å². The lowest BCUT2D eigenvalue weighted by molar-refractivity contribution is -0.284. The summed E-state index contributed by atoms with van der Waals surface area (Å²) in [6, 6.07) is 14.0. The Hall–Kier alpha value is -2.40. The number of fused-ring (bicyclic) bond motifs is 3. The highest BCUT2D eigenvalue weighted by atomic mass is 32.2. The molecular weight excluding hydrogens is 639 g/mol. The maximum atomic E-state index is 13.0. The molecule has 0 aliphatic heterocycles. The number of rotatable bonds is 12. The van der Waals surface area contributed by atoms with E-state index in [9.17, 15) is 40.6 Å².